The van der Waals surface area contributed by atoms with Crippen LogP contribution in [0.25, 0.3) is 0 Å². The minimum atomic E-state index is -0.941. The van der Waals surface area contributed by atoms with Crippen molar-refractivity contribution >= 4 is 22.7 Å². The summed E-state index contributed by atoms with van der Waals surface area (Å²) in [6, 6.07) is 16.8. The number of thiophene rings is 2. The van der Waals surface area contributed by atoms with Crippen LogP contribution in [0.1, 0.15) is 36.0 Å². The van der Waals surface area contributed by atoms with Gasteiger partial charge in [-0.3, -0.25) is 0 Å². The molecule has 0 amide bonds. The molecule has 1 aromatic carbocycles. The van der Waals surface area contributed by atoms with E-state index in [4.69, 9.17) is 0 Å². The molecule has 3 heterocycles. The minimum Gasteiger partial charge on any atom is -0.380 e. The van der Waals surface area contributed by atoms with E-state index in [1.54, 1.807) is 22.7 Å². The Balaban J connectivity index is 1.44. The zero-order chi connectivity index (χ0) is 19.5. The van der Waals surface area contributed by atoms with Crippen molar-refractivity contribution in [3.63, 3.8) is 0 Å². The highest BCUT2D eigenvalue weighted by Crippen LogP contribution is 2.38. The Morgan fingerprint density at radius 2 is 1.61 bits per heavy atom. The quantitative estimate of drug-likeness (QED) is 0.625. The van der Waals surface area contributed by atoms with E-state index in [9.17, 15) is 10.4 Å². The van der Waals surface area contributed by atoms with Crippen LogP contribution in [0.2, 0.25) is 0 Å². The maximum absolute atomic E-state index is 11.5. The van der Waals surface area contributed by atoms with Crippen LogP contribution < -0.4 is 0 Å². The second kappa shape index (κ2) is 8.18. The molecule has 0 unspecified atom stereocenters. The van der Waals surface area contributed by atoms with Crippen molar-refractivity contribution in [3.8, 4) is 6.07 Å². The molecule has 4 rings (SSSR count). The summed E-state index contributed by atoms with van der Waals surface area (Å²) in [5.41, 5.74) is 1.76. The van der Waals surface area contributed by atoms with Gasteiger partial charge in [0.1, 0.15) is 5.60 Å². The fourth-order valence-electron chi connectivity index (χ4n) is 4.16. The third-order valence-corrected chi connectivity index (χ3v) is 7.40. The third-order valence-electron chi connectivity index (χ3n) is 6.04. The monoisotopic (exact) mass is 408 g/mol. The minimum absolute atomic E-state index is 0.380. The number of nitriles is 1. The van der Waals surface area contributed by atoms with E-state index in [-0.39, 0.29) is 5.41 Å². The molecule has 3 nitrogen and oxygen atoms in total. The number of piperidine rings is 1. The van der Waals surface area contributed by atoms with Gasteiger partial charge in [0, 0.05) is 6.54 Å². The number of nitrogens with zero attached hydrogens (tertiary/aromatic N) is 2. The molecule has 1 saturated heterocycles. The number of rotatable bonds is 6. The van der Waals surface area contributed by atoms with Gasteiger partial charge < -0.3 is 10.0 Å². The number of benzene rings is 1. The molecular weight excluding hydrogens is 384 g/mol. The highest BCUT2D eigenvalue weighted by atomic mass is 32.1. The van der Waals surface area contributed by atoms with Crippen LogP contribution in [0, 0.1) is 11.3 Å². The summed E-state index contributed by atoms with van der Waals surface area (Å²) < 4.78 is 0. The first-order valence-corrected chi connectivity index (χ1v) is 11.5. The molecule has 5 heteroatoms. The lowest BCUT2D eigenvalue weighted by atomic mass is 9.74. The van der Waals surface area contributed by atoms with E-state index in [1.165, 1.54) is 0 Å². The molecule has 3 aromatic rings. The van der Waals surface area contributed by atoms with Gasteiger partial charge in [-0.1, -0.05) is 30.3 Å². The molecule has 0 radical (unpaired) electrons. The average Bonchev–Trinajstić information content (AvgIpc) is 3.48. The molecule has 1 aliphatic rings. The maximum atomic E-state index is 11.5. The van der Waals surface area contributed by atoms with Gasteiger partial charge >= 0.3 is 0 Å². The van der Waals surface area contributed by atoms with Crippen LogP contribution in [0.15, 0.2) is 64.0 Å². The van der Waals surface area contributed by atoms with Crippen molar-refractivity contribution in [1.29, 1.82) is 5.26 Å². The molecular formula is C23H24N2OS2. The third kappa shape index (κ3) is 3.66. The number of hydrogen-bond acceptors (Lipinski definition) is 5. The largest absolute Gasteiger partial charge is 0.380 e. The predicted molar refractivity (Wildman–Crippen MR) is 116 cm³/mol. The zero-order valence-electron chi connectivity index (χ0n) is 15.8. The standard InChI is InChI=1S/C23H24N2OS2/c24-18-22(19-4-2-1-3-5-19)8-11-25(12-9-22)13-10-23(26,20-6-14-27-16-20)21-7-15-28-17-21/h1-7,14-17,26H,8-13H2. The van der Waals surface area contributed by atoms with Gasteiger partial charge in [0.2, 0.25) is 0 Å². The lowest BCUT2D eigenvalue weighted by Crippen LogP contribution is -2.43. The van der Waals surface area contributed by atoms with Crippen LogP contribution in [-0.4, -0.2) is 29.6 Å². The SMILES string of the molecule is N#CC1(c2ccccc2)CCN(CCC(O)(c2ccsc2)c2ccsc2)CC1. The molecule has 0 aliphatic carbocycles. The molecule has 0 bridgehead atoms. The van der Waals surface area contributed by atoms with Gasteiger partial charge in [-0.15, -0.1) is 0 Å². The van der Waals surface area contributed by atoms with Gasteiger partial charge in [0.15, 0.2) is 0 Å². The first kappa shape index (κ1) is 19.4. The van der Waals surface area contributed by atoms with Crippen LogP contribution in [0.3, 0.4) is 0 Å². The molecule has 144 valence electrons. The smallest absolute Gasteiger partial charge is 0.117 e. The highest BCUT2D eigenvalue weighted by Gasteiger charge is 2.38. The summed E-state index contributed by atoms with van der Waals surface area (Å²) in [5, 5.41) is 29.5. The van der Waals surface area contributed by atoms with Crippen molar-refractivity contribution in [2.24, 2.45) is 0 Å². The Morgan fingerprint density at radius 3 is 2.11 bits per heavy atom. The summed E-state index contributed by atoms with van der Waals surface area (Å²) in [6.45, 7) is 2.58. The van der Waals surface area contributed by atoms with Crippen molar-refractivity contribution in [2.45, 2.75) is 30.3 Å². The molecule has 1 N–H and O–H groups in total. The zero-order valence-corrected chi connectivity index (χ0v) is 17.4. The van der Waals surface area contributed by atoms with Gasteiger partial charge in [0.05, 0.1) is 11.5 Å². The van der Waals surface area contributed by atoms with Crippen LogP contribution in [0.4, 0.5) is 0 Å². The summed E-state index contributed by atoms with van der Waals surface area (Å²) in [5.74, 6) is 0. The molecule has 1 aliphatic heterocycles. The van der Waals surface area contributed by atoms with Gasteiger partial charge in [-0.05, 0) is 82.7 Å². The summed E-state index contributed by atoms with van der Waals surface area (Å²) in [7, 11) is 0. The first-order chi connectivity index (χ1) is 13.7. The van der Waals surface area contributed by atoms with E-state index in [1.807, 2.05) is 51.9 Å². The normalized spacial score (nSPS) is 17.3. The summed E-state index contributed by atoms with van der Waals surface area (Å²) in [4.78, 5) is 2.39. The summed E-state index contributed by atoms with van der Waals surface area (Å²) >= 11 is 3.24. The second-order valence-electron chi connectivity index (χ2n) is 7.54. The predicted octanol–water partition coefficient (Wildman–Crippen LogP) is 4.99. The molecule has 1 fully saturated rings. The van der Waals surface area contributed by atoms with Gasteiger partial charge in [0.25, 0.3) is 0 Å². The molecule has 28 heavy (non-hydrogen) atoms. The Labute approximate surface area is 174 Å². The fraction of sp³-hybridized carbons (Fsp3) is 0.348. The number of aliphatic hydroxyl groups is 1. The lowest BCUT2D eigenvalue weighted by molar-refractivity contribution is 0.0525. The van der Waals surface area contributed by atoms with Crippen molar-refractivity contribution < 1.29 is 5.11 Å². The Hall–Kier alpha value is -1.97. The van der Waals surface area contributed by atoms with Crippen LogP contribution in [0.5, 0.6) is 0 Å². The first-order valence-electron chi connectivity index (χ1n) is 9.63. The van der Waals surface area contributed by atoms with Crippen LogP contribution >= 0.6 is 22.7 Å². The van der Waals surface area contributed by atoms with Crippen LogP contribution in [-0.2, 0) is 11.0 Å². The Kier molecular flexibility index (Phi) is 5.65. The molecule has 0 saturated carbocycles. The average molecular weight is 409 g/mol. The van der Waals surface area contributed by atoms with E-state index >= 15 is 0 Å². The van der Waals surface area contributed by atoms with Gasteiger partial charge in [-0.2, -0.15) is 27.9 Å². The number of likely N-dealkylation sites (tertiary alicyclic amines) is 1. The molecule has 2 aromatic heterocycles. The van der Waals surface area contributed by atoms with E-state index < -0.39 is 5.60 Å². The Morgan fingerprint density at radius 1 is 1.00 bits per heavy atom. The fourth-order valence-corrected chi connectivity index (χ4v) is 5.60. The molecule has 0 atom stereocenters. The Bertz CT molecular complexity index is 871. The topological polar surface area (TPSA) is 47.3 Å². The van der Waals surface area contributed by atoms with Crippen molar-refractivity contribution in [2.75, 3.05) is 19.6 Å². The van der Waals surface area contributed by atoms with Gasteiger partial charge in [-0.25, -0.2) is 0 Å². The maximum Gasteiger partial charge on any atom is 0.117 e. The van der Waals surface area contributed by atoms with Crippen molar-refractivity contribution in [3.05, 3.63) is 80.7 Å². The van der Waals surface area contributed by atoms with E-state index in [0.717, 1.165) is 49.2 Å². The molecule has 0 spiro atoms. The van der Waals surface area contributed by atoms with E-state index in [2.05, 4.69) is 23.1 Å². The van der Waals surface area contributed by atoms with E-state index in [0.29, 0.717) is 6.42 Å². The second-order valence-corrected chi connectivity index (χ2v) is 9.10. The summed E-state index contributed by atoms with van der Waals surface area (Å²) in [6.07, 6.45) is 2.33. The lowest BCUT2D eigenvalue weighted by Gasteiger charge is -2.39. The van der Waals surface area contributed by atoms with Crippen molar-refractivity contribution in [1.82, 2.24) is 4.90 Å². The number of hydrogen-bond donors (Lipinski definition) is 1. The highest BCUT2D eigenvalue weighted by molar-refractivity contribution is 7.08.